The van der Waals surface area contributed by atoms with E-state index in [0.29, 0.717) is 17.4 Å². The minimum atomic E-state index is -0.586. The Morgan fingerprint density at radius 1 is 1.11 bits per heavy atom. The second kappa shape index (κ2) is 8.71. The molecular weight excluding hydrogens is 374 g/mol. The van der Waals surface area contributed by atoms with E-state index >= 15 is 0 Å². The Hall–Kier alpha value is -3.13. The van der Waals surface area contributed by atoms with Gasteiger partial charge in [0.1, 0.15) is 0 Å². The van der Waals surface area contributed by atoms with E-state index in [-0.39, 0.29) is 17.2 Å². The van der Waals surface area contributed by atoms with E-state index in [9.17, 15) is 9.59 Å². The zero-order valence-electron chi connectivity index (χ0n) is 15.7. The molecule has 1 aromatic heterocycles. The minimum absolute atomic E-state index is 0.138. The summed E-state index contributed by atoms with van der Waals surface area (Å²) in [6.07, 6.45) is 0. The molecule has 7 nitrogen and oxygen atoms in total. The highest BCUT2D eigenvalue weighted by atomic mass is 32.2. The van der Waals surface area contributed by atoms with Crippen molar-refractivity contribution in [3.05, 3.63) is 59.7 Å². The highest BCUT2D eigenvalue weighted by Gasteiger charge is 2.16. The summed E-state index contributed by atoms with van der Waals surface area (Å²) in [5, 5.41) is 12.0. The molecule has 144 valence electrons. The normalized spacial score (nSPS) is 10.6. The van der Waals surface area contributed by atoms with Crippen LogP contribution in [0, 0.1) is 6.92 Å². The monoisotopic (exact) mass is 395 g/mol. The van der Waals surface area contributed by atoms with Crippen LogP contribution < -0.4 is 11.1 Å². The SMILES string of the molecule is CCn1c(SCC(=O)Nc2ccccc2C(N)=O)nnc1-c1ccccc1C. The number of para-hydroxylation sites is 1. The Balaban J connectivity index is 1.73. The van der Waals surface area contributed by atoms with Crippen LogP contribution in [-0.2, 0) is 11.3 Å². The first-order valence-corrected chi connectivity index (χ1v) is 9.80. The molecule has 0 saturated carbocycles. The first-order valence-electron chi connectivity index (χ1n) is 8.82. The van der Waals surface area contributed by atoms with Crippen LogP contribution in [0.1, 0.15) is 22.8 Å². The molecule has 1 heterocycles. The van der Waals surface area contributed by atoms with Gasteiger partial charge in [-0.25, -0.2) is 0 Å². The van der Waals surface area contributed by atoms with Gasteiger partial charge in [-0.05, 0) is 31.5 Å². The van der Waals surface area contributed by atoms with Gasteiger partial charge in [-0.15, -0.1) is 10.2 Å². The van der Waals surface area contributed by atoms with E-state index in [1.165, 1.54) is 11.8 Å². The fourth-order valence-electron chi connectivity index (χ4n) is 2.83. The molecule has 0 aliphatic carbocycles. The van der Waals surface area contributed by atoms with Crippen molar-refractivity contribution in [3.63, 3.8) is 0 Å². The maximum Gasteiger partial charge on any atom is 0.250 e. The Bertz CT molecular complexity index is 1020. The van der Waals surface area contributed by atoms with Gasteiger partial charge in [-0.3, -0.25) is 9.59 Å². The number of primary amides is 1. The number of benzene rings is 2. The molecule has 0 radical (unpaired) electrons. The van der Waals surface area contributed by atoms with Crippen LogP contribution in [0.5, 0.6) is 0 Å². The van der Waals surface area contributed by atoms with Crippen molar-refractivity contribution < 1.29 is 9.59 Å². The third-order valence-electron chi connectivity index (χ3n) is 4.22. The van der Waals surface area contributed by atoms with Gasteiger partial charge in [0.05, 0.1) is 17.0 Å². The topological polar surface area (TPSA) is 103 Å². The average Bonchev–Trinajstić information content (AvgIpc) is 3.09. The van der Waals surface area contributed by atoms with Crippen LogP contribution in [0.4, 0.5) is 5.69 Å². The van der Waals surface area contributed by atoms with Crippen molar-refractivity contribution in [1.82, 2.24) is 14.8 Å². The zero-order valence-corrected chi connectivity index (χ0v) is 16.5. The number of nitrogens with zero attached hydrogens (tertiary/aromatic N) is 3. The number of hydrogen-bond acceptors (Lipinski definition) is 5. The van der Waals surface area contributed by atoms with Gasteiger partial charge in [0.25, 0.3) is 5.91 Å². The van der Waals surface area contributed by atoms with Gasteiger partial charge in [-0.1, -0.05) is 48.2 Å². The quantitative estimate of drug-likeness (QED) is 0.599. The van der Waals surface area contributed by atoms with Gasteiger partial charge in [0, 0.05) is 12.1 Å². The van der Waals surface area contributed by atoms with E-state index in [1.54, 1.807) is 24.3 Å². The molecule has 3 N–H and O–H groups in total. The molecular formula is C20H21N5O2S. The summed E-state index contributed by atoms with van der Waals surface area (Å²) in [5.41, 5.74) is 8.15. The second-order valence-corrected chi connectivity index (χ2v) is 7.05. The van der Waals surface area contributed by atoms with Crippen molar-refractivity contribution in [2.75, 3.05) is 11.1 Å². The number of aromatic nitrogens is 3. The first-order chi connectivity index (χ1) is 13.5. The second-order valence-electron chi connectivity index (χ2n) is 6.11. The number of carbonyl (C=O) groups is 2. The lowest BCUT2D eigenvalue weighted by Crippen LogP contribution is -2.19. The Labute approximate surface area is 167 Å². The predicted octanol–water partition coefficient (Wildman–Crippen LogP) is 3.10. The molecule has 0 saturated heterocycles. The van der Waals surface area contributed by atoms with Gasteiger partial charge < -0.3 is 15.6 Å². The molecule has 8 heteroatoms. The summed E-state index contributed by atoms with van der Waals surface area (Å²) in [6.45, 7) is 4.73. The number of amides is 2. The van der Waals surface area contributed by atoms with Crippen molar-refractivity contribution in [2.45, 2.75) is 25.5 Å². The number of thioether (sulfide) groups is 1. The predicted molar refractivity (Wildman–Crippen MR) is 110 cm³/mol. The van der Waals surface area contributed by atoms with Crippen molar-refractivity contribution >= 4 is 29.3 Å². The van der Waals surface area contributed by atoms with Gasteiger partial charge >= 0.3 is 0 Å². The van der Waals surface area contributed by atoms with Crippen molar-refractivity contribution in [1.29, 1.82) is 0 Å². The smallest absolute Gasteiger partial charge is 0.250 e. The first kappa shape index (κ1) is 19.6. The minimum Gasteiger partial charge on any atom is -0.366 e. The van der Waals surface area contributed by atoms with E-state index in [4.69, 9.17) is 5.73 Å². The Kier molecular flexibility index (Phi) is 6.10. The largest absolute Gasteiger partial charge is 0.366 e. The van der Waals surface area contributed by atoms with Crippen LogP contribution in [0.2, 0.25) is 0 Å². The molecule has 3 rings (SSSR count). The number of aryl methyl sites for hydroxylation is 1. The Morgan fingerprint density at radius 2 is 1.82 bits per heavy atom. The van der Waals surface area contributed by atoms with E-state index in [2.05, 4.69) is 15.5 Å². The summed E-state index contributed by atoms with van der Waals surface area (Å²) in [6, 6.07) is 14.6. The van der Waals surface area contributed by atoms with Crippen molar-refractivity contribution in [3.8, 4) is 11.4 Å². The van der Waals surface area contributed by atoms with Crippen LogP contribution in [-0.4, -0.2) is 32.3 Å². The van der Waals surface area contributed by atoms with Gasteiger partial charge in [-0.2, -0.15) is 0 Å². The third kappa shape index (κ3) is 4.23. The molecule has 0 aliphatic heterocycles. The summed E-state index contributed by atoms with van der Waals surface area (Å²) in [7, 11) is 0. The van der Waals surface area contributed by atoms with Crippen LogP contribution in [0.25, 0.3) is 11.4 Å². The van der Waals surface area contributed by atoms with E-state index in [0.717, 1.165) is 17.0 Å². The molecule has 0 bridgehead atoms. The maximum absolute atomic E-state index is 12.3. The molecule has 28 heavy (non-hydrogen) atoms. The molecule has 3 aromatic rings. The summed E-state index contributed by atoms with van der Waals surface area (Å²) in [5.74, 6) is 0.0838. The fraction of sp³-hybridized carbons (Fsp3) is 0.200. The standard InChI is InChI=1S/C20H21N5O2S/c1-3-25-19(14-9-5-4-8-13(14)2)23-24-20(25)28-12-17(26)22-16-11-7-6-10-15(16)18(21)27/h4-11H,3,12H2,1-2H3,(H2,21,27)(H,22,26). The summed E-state index contributed by atoms with van der Waals surface area (Å²) >= 11 is 1.30. The summed E-state index contributed by atoms with van der Waals surface area (Å²) in [4.78, 5) is 23.8. The number of anilines is 1. The molecule has 0 unspecified atom stereocenters. The highest BCUT2D eigenvalue weighted by Crippen LogP contribution is 2.26. The Morgan fingerprint density at radius 3 is 2.54 bits per heavy atom. The fourth-order valence-corrected chi connectivity index (χ4v) is 3.63. The molecule has 2 amide bonds. The number of carbonyl (C=O) groups excluding carboxylic acids is 2. The zero-order chi connectivity index (χ0) is 20.1. The third-order valence-corrected chi connectivity index (χ3v) is 5.18. The number of nitrogens with two attached hydrogens (primary N) is 1. The molecule has 0 spiro atoms. The van der Waals surface area contributed by atoms with Crippen LogP contribution >= 0.6 is 11.8 Å². The molecule has 0 atom stereocenters. The lowest BCUT2D eigenvalue weighted by molar-refractivity contribution is -0.113. The van der Waals surface area contributed by atoms with E-state index < -0.39 is 5.91 Å². The highest BCUT2D eigenvalue weighted by molar-refractivity contribution is 7.99. The lowest BCUT2D eigenvalue weighted by Gasteiger charge is -2.10. The summed E-state index contributed by atoms with van der Waals surface area (Å²) < 4.78 is 1.98. The maximum atomic E-state index is 12.3. The van der Waals surface area contributed by atoms with E-state index in [1.807, 2.05) is 42.7 Å². The average molecular weight is 395 g/mol. The van der Waals surface area contributed by atoms with Gasteiger partial charge in [0.2, 0.25) is 5.91 Å². The number of hydrogen-bond donors (Lipinski definition) is 2. The number of rotatable bonds is 7. The van der Waals surface area contributed by atoms with Crippen LogP contribution in [0.15, 0.2) is 53.7 Å². The number of nitrogens with one attached hydrogen (secondary N) is 1. The molecule has 0 aliphatic rings. The lowest BCUT2D eigenvalue weighted by atomic mass is 10.1. The van der Waals surface area contributed by atoms with Crippen LogP contribution in [0.3, 0.4) is 0 Å². The van der Waals surface area contributed by atoms with Crippen molar-refractivity contribution in [2.24, 2.45) is 5.73 Å². The van der Waals surface area contributed by atoms with Gasteiger partial charge in [0.15, 0.2) is 11.0 Å². The molecule has 0 fully saturated rings. The molecule has 2 aromatic carbocycles.